The van der Waals surface area contributed by atoms with Gasteiger partial charge in [0.05, 0.1) is 12.8 Å². The quantitative estimate of drug-likeness (QED) is 0.625. The van der Waals surface area contributed by atoms with Gasteiger partial charge in [0.15, 0.2) is 5.96 Å². The van der Waals surface area contributed by atoms with Crippen LogP contribution in [-0.4, -0.2) is 34.2 Å². The van der Waals surface area contributed by atoms with Crippen LogP contribution in [0.3, 0.4) is 0 Å². The van der Waals surface area contributed by atoms with E-state index < -0.39 is 0 Å². The molecular formula is C19H25FN4O. The van der Waals surface area contributed by atoms with Gasteiger partial charge in [-0.3, -0.25) is 4.99 Å². The first-order valence-electron chi connectivity index (χ1n) is 8.06. The minimum absolute atomic E-state index is 0.231. The summed E-state index contributed by atoms with van der Waals surface area (Å²) >= 11 is 0. The Hall–Kier alpha value is -2.76. The van der Waals surface area contributed by atoms with Crippen LogP contribution in [0, 0.1) is 5.82 Å². The number of nitrogens with one attached hydrogen (secondary N) is 2. The molecule has 134 valence electrons. The molecule has 2 aromatic carbocycles. The summed E-state index contributed by atoms with van der Waals surface area (Å²) in [7, 11) is 6.99. The average molecular weight is 344 g/mol. The first kappa shape index (κ1) is 18.6. The van der Waals surface area contributed by atoms with Crippen molar-refractivity contribution < 1.29 is 9.13 Å². The van der Waals surface area contributed by atoms with Crippen LogP contribution in [0.5, 0.6) is 5.75 Å². The van der Waals surface area contributed by atoms with Gasteiger partial charge in [0.2, 0.25) is 0 Å². The Morgan fingerprint density at radius 1 is 1.04 bits per heavy atom. The first-order valence-corrected chi connectivity index (χ1v) is 8.06. The average Bonchev–Trinajstić information content (AvgIpc) is 2.62. The van der Waals surface area contributed by atoms with Gasteiger partial charge in [0.25, 0.3) is 0 Å². The fourth-order valence-corrected chi connectivity index (χ4v) is 2.36. The molecule has 0 fully saturated rings. The number of nitrogens with zero attached hydrogens (tertiary/aromatic N) is 2. The summed E-state index contributed by atoms with van der Waals surface area (Å²) in [6, 6.07) is 13.1. The van der Waals surface area contributed by atoms with E-state index in [2.05, 4.69) is 15.6 Å². The number of halogens is 1. The van der Waals surface area contributed by atoms with Crippen molar-refractivity contribution in [3.05, 3.63) is 59.4 Å². The third-order valence-electron chi connectivity index (χ3n) is 3.80. The summed E-state index contributed by atoms with van der Waals surface area (Å²) in [5.41, 5.74) is 2.55. The van der Waals surface area contributed by atoms with Gasteiger partial charge in [-0.05, 0) is 35.4 Å². The van der Waals surface area contributed by atoms with Crippen molar-refractivity contribution in [3.63, 3.8) is 0 Å². The predicted molar refractivity (Wildman–Crippen MR) is 101 cm³/mol. The smallest absolute Gasteiger partial charge is 0.191 e. The van der Waals surface area contributed by atoms with Gasteiger partial charge >= 0.3 is 0 Å². The highest BCUT2D eigenvalue weighted by Crippen LogP contribution is 2.18. The molecule has 0 unspecified atom stereocenters. The number of benzene rings is 2. The van der Waals surface area contributed by atoms with E-state index in [9.17, 15) is 4.39 Å². The monoisotopic (exact) mass is 344 g/mol. The highest BCUT2D eigenvalue weighted by Gasteiger charge is 2.06. The Morgan fingerprint density at radius 3 is 2.16 bits per heavy atom. The number of hydrogen-bond donors (Lipinski definition) is 2. The van der Waals surface area contributed by atoms with Crippen molar-refractivity contribution in [3.8, 4) is 5.75 Å². The summed E-state index contributed by atoms with van der Waals surface area (Å²) < 4.78 is 19.2. The summed E-state index contributed by atoms with van der Waals surface area (Å²) in [4.78, 5) is 5.94. The van der Waals surface area contributed by atoms with E-state index in [1.807, 2.05) is 44.4 Å². The van der Waals surface area contributed by atoms with E-state index in [-0.39, 0.29) is 5.82 Å². The maximum absolute atomic E-state index is 14.0. The van der Waals surface area contributed by atoms with E-state index in [4.69, 9.17) is 4.74 Å². The zero-order valence-electron chi connectivity index (χ0n) is 15.1. The summed E-state index contributed by atoms with van der Waals surface area (Å²) in [6.07, 6.45) is 0. The standard InChI is InChI=1S/C19H25FN4O/c1-21-19(22-12-14-5-8-16(25-4)9-6-14)23-13-15-7-10-18(24(2)3)17(20)11-15/h5-11H,12-13H2,1-4H3,(H2,21,22,23). The SMILES string of the molecule is CN=C(NCc1ccc(OC)cc1)NCc1ccc(N(C)C)c(F)c1. The molecule has 0 bridgehead atoms. The van der Waals surface area contributed by atoms with Gasteiger partial charge in [-0.2, -0.15) is 0 Å². The van der Waals surface area contributed by atoms with Gasteiger partial charge in [-0.15, -0.1) is 0 Å². The van der Waals surface area contributed by atoms with Crippen molar-refractivity contribution in [2.75, 3.05) is 33.2 Å². The Kier molecular flexibility index (Phi) is 6.62. The number of hydrogen-bond acceptors (Lipinski definition) is 3. The molecule has 2 aromatic rings. The molecule has 0 aliphatic carbocycles. The van der Waals surface area contributed by atoms with Crippen molar-refractivity contribution in [2.24, 2.45) is 4.99 Å². The van der Waals surface area contributed by atoms with Crippen LogP contribution in [0.2, 0.25) is 0 Å². The molecule has 0 saturated carbocycles. The molecule has 0 atom stereocenters. The minimum atomic E-state index is -0.231. The second kappa shape index (κ2) is 8.92. The highest BCUT2D eigenvalue weighted by molar-refractivity contribution is 5.79. The number of guanidine groups is 1. The molecule has 0 radical (unpaired) electrons. The van der Waals surface area contributed by atoms with Crippen LogP contribution in [0.25, 0.3) is 0 Å². The number of anilines is 1. The van der Waals surface area contributed by atoms with Crippen LogP contribution < -0.4 is 20.3 Å². The molecule has 0 aromatic heterocycles. The summed E-state index contributed by atoms with van der Waals surface area (Å²) in [5, 5.41) is 6.42. The van der Waals surface area contributed by atoms with Crippen molar-refractivity contribution in [1.82, 2.24) is 10.6 Å². The molecule has 0 aliphatic rings. The van der Waals surface area contributed by atoms with Gasteiger partial charge in [0.1, 0.15) is 11.6 Å². The molecule has 2 rings (SSSR count). The zero-order chi connectivity index (χ0) is 18.2. The van der Waals surface area contributed by atoms with Gasteiger partial charge in [-0.25, -0.2) is 4.39 Å². The van der Waals surface area contributed by atoms with E-state index in [0.29, 0.717) is 24.7 Å². The van der Waals surface area contributed by atoms with Gasteiger partial charge < -0.3 is 20.3 Å². The van der Waals surface area contributed by atoms with E-state index in [1.54, 1.807) is 31.2 Å². The second-order valence-corrected chi connectivity index (χ2v) is 5.81. The van der Waals surface area contributed by atoms with Crippen LogP contribution >= 0.6 is 0 Å². The minimum Gasteiger partial charge on any atom is -0.497 e. The lowest BCUT2D eigenvalue weighted by Gasteiger charge is -2.15. The van der Waals surface area contributed by atoms with Crippen molar-refractivity contribution in [1.29, 1.82) is 0 Å². The largest absolute Gasteiger partial charge is 0.497 e. The van der Waals surface area contributed by atoms with Crippen LogP contribution in [0.4, 0.5) is 10.1 Å². The Balaban J connectivity index is 1.88. The second-order valence-electron chi connectivity index (χ2n) is 5.81. The number of ether oxygens (including phenoxy) is 1. The molecule has 0 aliphatic heterocycles. The molecule has 5 nitrogen and oxygen atoms in total. The molecule has 25 heavy (non-hydrogen) atoms. The fourth-order valence-electron chi connectivity index (χ4n) is 2.36. The molecule has 6 heteroatoms. The topological polar surface area (TPSA) is 48.9 Å². The fraction of sp³-hybridized carbons (Fsp3) is 0.316. The number of aliphatic imine (C=N–C) groups is 1. The third kappa shape index (κ3) is 5.38. The molecule has 0 saturated heterocycles. The van der Waals surface area contributed by atoms with Crippen molar-refractivity contribution >= 4 is 11.6 Å². The lowest BCUT2D eigenvalue weighted by atomic mass is 10.2. The zero-order valence-corrected chi connectivity index (χ0v) is 15.1. The molecule has 0 amide bonds. The molecule has 0 heterocycles. The van der Waals surface area contributed by atoms with E-state index in [0.717, 1.165) is 16.9 Å². The summed E-state index contributed by atoms with van der Waals surface area (Å²) in [6.45, 7) is 1.13. The normalized spacial score (nSPS) is 11.2. The highest BCUT2D eigenvalue weighted by atomic mass is 19.1. The molecular weight excluding hydrogens is 319 g/mol. The van der Waals surface area contributed by atoms with Crippen LogP contribution in [-0.2, 0) is 13.1 Å². The lowest BCUT2D eigenvalue weighted by Crippen LogP contribution is -2.36. The van der Waals surface area contributed by atoms with Gasteiger partial charge in [-0.1, -0.05) is 18.2 Å². The number of methoxy groups -OCH3 is 1. The lowest BCUT2D eigenvalue weighted by molar-refractivity contribution is 0.414. The van der Waals surface area contributed by atoms with E-state index in [1.165, 1.54) is 0 Å². The maximum atomic E-state index is 14.0. The Morgan fingerprint density at radius 2 is 1.64 bits per heavy atom. The van der Waals surface area contributed by atoms with Crippen LogP contribution in [0.15, 0.2) is 47.5 Å². The van der Waals surface area contributed by atoms with Gasteiger partial charge in [0, 0.05) is 34.2 Å². The number of rotatable bonds is 6. The third-order valence-corrected chi connectivity index (χ3v) is 3.80. The van der Waals surface area contributed by atoms with Crippen LogP contribution in [0.1, 0.15) is 11.1 Å². The Labute approximate surface area is 148 Å². The maximum Gasteiger partial charge on any atom is 0.191 e. The summed E-state index contributed by atoms with van der Waals surface area (Å²) in [5.74, 6) is 1.26. The van der Waals surface area contributed by atoms with Crippen molar-refractivity contribution in [2.45, 2.75) is 13.1 Å². The predicted octanol–water partition coefficient (Wildman–Crippen LogP) is 2.77. The molecule has 2 N–H and O–H groups in total. The van der Waals surface area contributed by atoms with E-state index >= 15 is 0 Å². The molecule has 0 spiro atoms. The first-order chi connectivity index (χ1) is 12.0. The Bertz CT molecular complexity index is 714.